The summed E-state index contributed by atoms with van der Waals surface area (Å²) >= 11 is 3.24. The number of aromatic nitrogens is 10. The van der Waals surface area contributed by atoms with Crippen LogP contribution in [0.15, 0.2) is 24.8 Å². The molecule has 0 bridgehead atoms. The monoisotopic (exact) mass is 1110 g/mol. The molecule has 2 amide bonds. The van der Waals surface area contributed by atoms with Gasteiger partial charge in [-0.05, 0) is 137 Å². The fourth-order valence-corrected chi connectivity index (χ4v) is 15.1. The van der Waals surface area contributed by atoms with Gasteiger partial charge in [0.25, 0.3) is 24.7 Å². The first-order valence-electron chi connectivity index (χ1n) is 27.5. The van der Waals surface area contributed by atoms with Crippen molar-refractivity contribution in [2.24, 2.45) is 48.6 Å². The summed E-state index contributed by atoms with van der Waals surface area (Å²) in [4.78, 5) is 56.9. The van der Waals surface area contributed by atoms with Crippen LogP contribution in [-0.4, -0.2) is 85.6 Å². The van der Waals surface area contributed by atoms with Crippen molar-refractivity contribution >= 4 is 69.6 Å². The second kappa shape index (κ2) is 19.8. The van der Waals surface area contributed by atoms with Gasteiger partial charge in [0.1, 0.15) is 47.2 Å². The summed E-state index contributed by atoms with van der Waals surface area (Å²) in [7, 11) is 3.18. The van der Waals surface area contributed by atoms with Crippen LogP contribution in [0.2, 0.25) is 0 Å². The number of rotatable bonds is 20. The molecule has 412 valence electrons. The molecule has 0 aliphatic heterocycles. The number of nitrogens with one attached hydrogen (secondary N) is 4. The number of hydrogen-bond acceptors (Lipinski definition) is 14. The maximum absolute atomic E-state index is 13.6. The Bertz CT molecular complexity index is 3120. The van der Waals surface area contributed by atoms with Gasteiger partial charge >= 0.3 is 0 Å². The summed E-state index contributed by atoms with van der Waals surface area (Å²) in [6.45, 7) is 1.40. The van der Waals surface area contributed by atoms with Crippen molar-refractivity contribution in [2.45, 2.75) is 141 Å². The lowest BCUT2D eigenvalue weighted by atomic mass is 9.90. The normalized spacial score (nSPS) is 22.7. The molecule has 18 nitrogen and oxygen atoms in total. The van der Waals surface area contributed by atoms with Gasteiger partial charge in [-0.1, -0.05) is 0 Å². The van der Waals surface area contributed by atoms with Crippen LogP contribution in [0.4, 0.5) is 41.1 Å². The summed E-state index contributed by atoms with van der Waals surface area (Å²) in [5.41, 5.74) is 3.82. The number of alkyl halides is 4. The highest BCUT2D eigenvalue weighted by Gasteiger charge is 2.63. The third-order valence-electron chi connectivity index (χ3n) is 18.0. The first-order valence-corrected chi connectivity index (χ1v) is 29.1. The molecule has 8 aliphatic carbocycles. The number of carbonyl (C=O) groups excluding carboxylic acids is 4. The van der Waals surface area contributed by atoms with Crippen molar-refractivity contribution in [2.75, 3.05) is 23.7 Å². The van der Waals surface area contributed by atoms with Gasteiger partial charge in [0.05, 0.1) is 11.1 Å². The van der Waals surface area contributed by atoms with E-state index in [9.17, 15) is 36.7 Å². The van der Waals surface area contributed by atoms with Crippen LogP contribution >= 0.6 is 22.7 Å². The zero-order valence-electron chi connectivity index (χ0n) is 43.5. The Balaban J connectivity index is 0.000000148. The number of halogens is 4. The molecular formula is C54H62F4N14O4S2. The molecule has 2 spiro atoms. The molecule has 0 aromatic carbocycles. The third kappa shape index (κ3) is 10.2. The Morgan fingerprint density at radius 3 is 1.38 bits per heavy atom. The van der Waals surface area contributed by atoms with E-state index < -0.39 is 12.9 Å². The van der Waals surface area contributed by atoms with Crippen molar-refractivity contribution in [3.8, 4) is 0 Å². The Morgan fingerprint density at radius 1 is 0.628 bits per heavy atom. The fraction of sp³-hybridized carbons (Fsp3) is 0.593. The van der Waals surface area contributed by atoms with Crippen LogP contribution in [0.25, 0.3) is 0 Å². The Morgan fingerprint density at radius 2 is 1.04 bits per heavy atom. The number of hydrogen-bond donors (Lipinski definition) is 4. The lowest BCUT2D eigenvalue weighted by Gasteiger charge is -2.25. The molecule has 6 heterocycles. The lowest BCUT2D eigenvalue weighted by molar-refractivity contribution is -0.120. The van der Waals surface area contributed by atoms with Crippen molar-refractivity contribution in [1.29, 1.82) is 0 Å². The van der Waals surface area contributed by atoms with E-state index in [0.717, 1.165) is 72.2 Å². The number of thiophene rings is 2. The van der Waals surface area contributed by atoms with E-state index in [2.05, 4.69) is 51.9 Å². The molecule has 6 aromatic heterocycles. The Hall–Kier alpha value is -6.30. The van der Waals surface area contributed by atoms with E-state index in [4.69, 9.17) is 0 Å². The van der Waals surface area contributed by atoms with E-state index in [1.807, 2.05) is 9.13 Å². The van der Waals surface area contributed by atoms with Crippen molar-refractivity contribution in [3.05, 3.63) is 77.9 Å². The van der Waals surface area contributed by atoms with Gasteiger partial charge in [-0.15, -0.1) is 43.1 Å². The van der Waals surface area contributed by atoms with E-state index in [1.54, 1.807) is 49.4 Å². The summed E-state index contributed by atoms with van der Waals surface area (Å²) in [6.07, 6.45) is 14.4. The Kier molecular flexibility index (Phi) is 13.0. The number of ketones is 2. The summed E-state index contributed by atoms with van der Waals surface area (Å²) in [5.74, 6) is 3.47. The minimum atomic E-state index is -2.67. The van der Waals surface area contributed by atoms with E-state index in [-0.39, 0.29) is 58.7 Å². The summed E-state index contributed by atoms with van der Waals surface area (Å²) < 4.78 is 59.1. The van der Waals surface area contributed by atoms with Gasteiger partial charge in [-0.25, -0.2) is 17.6 Å². The van der Waals surface area contributed by atoms with Crippen molar-refractivity contribution < 1.29 is 36.7 Å². The van der Waals surface area contributed by atoms with Crippen LogP contribution in [0.3, 0.4) is 0 Å². The SMILES string of the molecule is Cn1nc(C(F)F)cc1Nc1nncn1[C@H]1CCc2sc(CC(=O)C3CC3)c(C(=O)NC[C@@H]3CC34CC4)c2C1.Cn1nc(C(F)F)cc1Nc1nncn1[C@H]1CCc2sc(CC(=O)C3CC3)c(C(=O)NC[C@H]3CC34CC4)c2C1. The van der Waals surface area contributed by atoms with Crippen molar-refractivity contribution in [3.63, 3.8) is 0 Å². The molecular weight excluding hydrogens is 1050 g/mol. The second-order valence-electron chi connectivity index (χ2n) is 23.3. The maximum atomic E-state index is 13.6. The zero-order chi connectivity index (χ0) is 53.8. The van der Waals surface area contributed by atoms with E-state index in [1.165, 1.54) is 69.8 Å². The van der Waals surface area contributed by atoms with Gasteiger partial charge in [0, 0.05) is 95.6 Å². The van der Waals surface area contributed by atoms with E-state index in [0.29, 0.717) is 96.1 Å². The molecule has 8 aliphatic rings. The molecule has 14 rings (SSSR count). The smallest absolute Gasteiger partial charge is 0.282 e. The van der Waals surface area contributed by atoms with Gasteiger partial charge in [0.15, 0.2) is 0 Å². The molecule has 4 N–H and O–H groups in total. The highest BCUT2D eigenvalue weighted by molar-refractivity contribution is 7.13. The molecule has 6 fully saturated rings. The molecule has 0 unspecified atom stereocenters. The quantitative estimate of drug-likeness (QED) is 0.0527. The summed E-state index contributed by atoms with van der Waals surface area (Å²) in [5, 5.41) is 36.9. The van der Waals surface area contributed by atoms with Crippen LogP contribution in [0.5, 0.6) is 0 Å². The minimum Gasteiger partial charge on any atom is -0.352 e. The maximum Gasteiger partial charge on any atom is 0.282 e. The Labute approximate surface area is 454 Å². The highest BCUT2D eigenvalue weighted by atomic mass is 32.1. The van der Waals surface area contributed by atoms with E-state index >= 15 is 0 Å². The van der Waals surface area contributed by atoms with Gasteiger partial charge < -0.3 is 21.3 Å². The number of nitrogens with zero attached hydrogens (tertiary/aromatic N) is 10. The topological polar surface area (TPSA) is 213 Å². The van der Waals surface area contributed by atoms with Crippen molar-refractivity contribution in [1.82, 2.24) is 59.7 Å². The number of Topliss-reactive ketones (excluding diaryl/α,β-unsaturated/α-hetero) is 2. The predicted octanol–water partition coefficient (Wildman–Crippen LogP) is 9.07. The molecule has 6 aromatic rings. The number of carbonyl (C=O) groups is 4. The van der Waals surface area contributed by atoms with Gasteiger partial charge in [-0.2, -0.15) is 10.2 Å². The summed E-state index contributed by atoms with van der Waals surface area (Å²) in [6, 6.07) is 2.56. The third-order valence-corrected chi connectivity index (χ3v) is 20.6. The second-order valence-corrected chi connectivity index (χ2v) is 25.7. The number of aryl methyl sites for hydroxylation is 4. The molecule has 78 heavy (non-hydrogen) atoms. The molecule has 0 radical (unpaired) electrons. The fourth-order valence-electron chi connectivity index (χ4n) is 12.4. The van der Waals surface area contributed by atoms with Crippen LogP contribution in [0.1, 0.15) is 165 Å². The van der Waals surface area contributed by atoms with Gasteiger partial charge in [0.2, 0.25) is 11.9 Å². The van der Waals surface area contributed by atoms with Gasteiger partial charge in [-0.3, -0.25) is 37.7 Å². The molecule has 24 heteroatoms. The molecule has 4 atom stereocenters. The lowest BCUT2D eigenvalue weighted by Crippen LogP contribution is -2.29. The van der Waals surface area contributed by atoms with Crippen LogP contribution in [0, 0.1) is 34.5 Å². The average Bonchev–Trinajstić information content (AvgIpc) is 4.35. The van der Waals surface area contributed by atoms with Crippen LogP contribution in [-0.2, 0) is 62.2 Å². The highest BCUT2D eigenvalue weighted by Crippen LogP contribution is 2.71. The minimum absolute atomic E-state index is 0.0240. The predicted molar refractivity (Wildman–Crippen MR) is 281 cm³/mol. The number of anilines is 4. The van der Waals surface area contributed by atoms with Crippen LogP contribution < -0.4 is 21.3 Å². The average molecular weight is 1110 g/mol. The largest absolute Gasteiger partial charge is 0.352 e. The first-order chi connectivity index (χ1) is 37.6. The zero-order valence-corrected chi connectivity index (χ0v) is 45.1. The molecule has 6 saturated carbocycles. The number of amides is 2. The first kappa shape index (κ1) is 51.2. The standard InChI is InChI=1S/2C27H31F2N7O2S/c2*1-35-22(9-18(34-35)24(28)29)32-26-33-31-13-36(26)16-4-5-20-17(8-16)23(21(39-20)10-19(37)14-2-3-14)25(38)30-12-15-11-27(15)6-7-27/h2*9,13-16,24H,2-8,10-12H2,1H3,(H,30,38)(H,32,33)/t15-,16+;15-,16-/m10/s1. The number of fused-ring (bicyclic) bond motifs is 2. The molecule has 0 saturated heterocycles.